The molecular weight excluding hydrogens is 300 g/mol. The number of hydrogen-bond donors (Lipinski definition) is 1. The van der Waals surface area contributed by atoms with E-state index in [0.29, 0.717) is 0 Å². The highest BCUT2D eigenvalue weighted by molar-refractivity contribution is 5.80. The number of hydrazine groups is 1. The highest BCUT2D eigenvalue weighted by Crippen LogP contribution is 2.21. The van der Waals surface area contributed by atoms with E-state index < -0.39 is 0 Å². The summed E-state index contributed by atoms with van der Waals surface area (Å²) < 4.78 is 0. The van der Waals surface area contributed by atoms with Crippen molar-refractivity contribution in [3.8, 4) is 0 Å². The maximum absolute atomic E-state index is 4.38. The molecule has 0 aromatic carbocycles. The van der Waals surface area contributed by atoms with Crippen LogP contribution in [0.15, 0.2) is 16.4 Å². The first-order chi connectivity index (χ1) is 11.4. The Bertz CT molecular complexity index is 400. The van der Waals surface area contributed by atoms with Crippen molar-refractivity contribution in [3.05, 3.63) is 11.3 Å². The fourth-order valence-corrected chi connectivity index (χ4v) is 2.87. The van der Waals surface area contributed by atoms with Crippen molar-refractivity contribution in [1.29, 1.82) is 0 Å². The lowest BCUT2D eigenvalue weighted by Crippen LogP contribution is -2.39. The molecule has 6 heteroatoms. The number of hydrazone groups is 1. The van der Waals surface area contributed by atoms with Gasteiger partial charge < -0.3 is 14.7 Å². The smallest absolute Gasteiger partial charge is 0.0538 e. The third kappa shape index (κ3) is 8.66. The molecule has 0 fully saturated rings. The fourth-order valence-electron chi connectivity index (χ4n) is 2.87. The molecule has 1 heterocycles. The highest BCUT2D eigenvalue weighted by atomic mass is 15.7. The van der Waals surface area contributed by atoms with Crippen molar-refractivity contribution in [2.45, 2.75) is 32.1 Å². The average molecular weight is 339 g/mol. The molecule has 1 N–H and O–H groups in total. The van der Waals surface area contributed by atoms with E-state index >= 15 is 0 Å². The third-order valence-electron chi connectivity index (χ3n) is 4.15. The molecule has 0 unspecified atom stereocenters. The Morgan fingerprint density at radius 1 is 0.833 bits per heavy atom. The number of allylic oxidation sites excluding steroid dienone is 2. The van der Waals surface area contributed by atoms with Crippen LogP contribution < -0.4 is 5.53 Å². The van der Waals surface area contributed by atoms with Gasteiger partial charge in [0, 0.05) is 12.2 Å². The Morgan fingerprint density at radius 2 is 1.38 bits per heavy atom. The summed E-state index contributed by atoms with van der Waals surface area (Å²) in [5.41, 5.74) is 6.05. The summed E-state index contributed by atoms with van der Waals surface area (Å²) in [5, 5.41) is 6.65. The van der Waals surface area contributed by atoms with Crippen molar-refractivity contribution in [2.75, 3.05) is 68.5 Å². The predicted octanol–water partition coefficient (Wildman–Crippen LogP) is 1.68. The van der Waals surface area contributed by atoms with Crippen LogP contribution >= 0.6 is 0 Å². The van der Waals surface area contributed by atoms with Crippen LogP contribution in [0.25, 0.3) is 0 Å². The normalized spacial score (nSPS) is 15.1. The molecule has 1 aliphatic heterocycles. The van der Waals surface area contributed by atoms with Gasteiger partial charge in [0.15, 0.2) is 0 Å². The number of rotatable bonds is 12. The monoisotopic (exact) mass is 338 g/mol. The second-order valence-electron chi connectivity index (χ2n) is 7.45. The van der Waals surface area contributed by atoms with Crippen LogP contribution in [0.2, 0.25) is 0 Å². The van der Waals surface area contributed by atoms with Crippen molar-refractivity contribution >= 4 is 6.21 Å². The molecule has 0 radical (unpaired) electrons. The topological polar surface area (TPSA) is 37.4 Å². The molecule has 24 heavy (non-hydrogen) atoms. The Balaban J connectivity index is 2.68. The molecule has 0 amide bonds. The second-order valence-corrected chi connectivity index (χ2v) is 7.45. The first kappa shape index (κ1) is 20.9. The van der Waals surface area contributed by atoms with Gasteiger partial charge in [-0.2, -0.15) is 5.10 Å². The Hall–Kier alpha value is -1.11. The van der Waals surface area contributed by atoms with Crippen LogP contribution in [0.1, 0.15) is 32.1 Å². The van der Waals surface area contributed by atoms with Gasteiger partial charge in [-0.25, -0.2) is 5.53 Å². The summed E-state index contributed by atoms with van der Waals surface area (Å²) >= 11 is 0. The standard InChI is InChI=1S/C18H38N6/c1-21(2)12-7-10-17-16-19-20-24(15-9-14-23(5)6)18(17)11-8-13-22(3)4/h16,20H,7-15H2,1-6H3. The van der Waals surface area contributed by atoms with Gasteiger partial charge >= 0.3 is 0 Å². The van der Waals surface area contributed by atoms with Gasteiger partial charge in [0.05, 0.1) is 6.21 Å². The zero-order valence-corrected chi connectivity index (χ0v) is 16.7. The van der Waals surface area contributed by atoms with E-state index in [1.54, 1.807) is 0 Å². The molecule has 0 atom stereocenters. The quantitative estimate of drug-likeness (QED) is 0.586. The number of nitrogens with zero attached hydrogens (tertiary/aromatic N) is 5. The minimum Gasteiger partial charge on any atom is -0.309 e. The van der Waals surface area contributed by atoms with Crippen molar-refractivity contribution in [3.63, 3.8) is 0 Å². The van der Waals surface area contributed by atoms with E-state index in [4.69, 9.17) is 0 Å². The van der Waals surface area contributed by atoms with Crippen LogP contribution in [0.5, 0.6) is 0 Å². The molecule has 140 valence electrons. The lowest BCUT2D eigenvalue weighted by atomic mass is 10.0. The average Bonchev–Trinajstić information content (AvgIpc) is 2.48. The van der Waals surface area contributed by atoms with E-state index in [1.165, 1.54) is 24.1 Å². The molecule has 0 aliphatic carbocycles. The van der Waals surface area contributed by atoms with Gasteiger partial charge in [-0.1, -0.05) is 0 Å². The molecule has 0 spiro atoms. The van der Waals surface area contributed by atoms with E-state index in [0.717, 1.165) is 45.4 Å². The number of hydrogen-bond acceptors (Lipinski definition) is 6. The predicted molar refractivity (Wildman–Crippen MR) is 104 cm³/mol. The minimum atomic E-state index is 1.00. The minimum absolute atomic E-state index is 1.00. The van der Waals surface area contributed by atoms with Crippen LogP contribution in [-0.2, 0) is 0 Å². The lowest BCUT2D eigenvalue weighted by molar-refractivity contribution is 0.219. The molecule has 0 bridgehead atoms. The SMILES string of the molecule is CN(C)CCCC1=C(CCCN(C)C)N(CCCN(C)C)NN=C1. The van der Waals surface area contributed by atoms with E-state index in [9.17, 15) is 0 Å². The molecule has 1 aliphatic rings. The van der Waals surface area contributed by atoms with Crippen LogP contribution in [0.4, 0.5) is 0 Å². The van der Waals surface area contributed by atoms with Gasteiger partial charge in [0.2, 0.25) is 0 Å². The summed E-state index contributed by atoms with van der Waals surface area (Å²) in [6.45, 7) is 4.35. The van der Waals surface area contributed by atoms with Gasteiger partial charge in [-0.15, -0.1) is 0 Å². The van der Waals surface area contributed by atoms with Crippen LogP contribution in [0.3, 0.4) is 0 Å². The Kier molecular flexibility index (Phi) is 9.98. The van der Waals surface area contributed by atoms with Crippen LogP contribution in [-0.4, -0.2) is 94.4 Å². The first-order valence-electron chi connectivity index (χ1n) is 9.12. The summed E-state index contributed by atoms with van der Waals surface area (Å²) in [7, 11) is 12.8. The van der Waals surface area contributed by atoms with E-state index in [-0.39, 0.29) is 0 Å². The van der Waals surface area contributed by atoms with Gasteiger partial charge in [-0.05, 0) is 99.6 Å². The number of nitrogens with one attached hydrogen (secondary N) is 1. The van der Waals surface area contributed by atoms with Crippen molar-refractivity contribution in [1.82, 2.24) is 25.2 Å². The maximum Gasteiger partial charge on any atom is 0.0538 e. The van der Waals surface area contributed by atoms with Gasteiger partial charge in [0.1, 0.15) is 0 Å². The summed E-state index contributed by atoms with van der Waals surface area (Å²) in [5.74, 6) is 0. The van der Waals surface area contributed by atoms with Gasteiger partial charge in [-0.3, -0.25) is 5.01 Å². The zero-order chi connectivity index (χ0) is 17.9. The summed E-state index contributed by atoms with van der Waals surface area (Å²) in [4.78, 5) is 6.74. The Morgan fingerprint density at radius 3 is 1.96 bits per heavy atom. The van der Waals surface area contributed by atoms with Crippen LogP contribution in [0, 0.1) is 0 Å². The highest BCUT2D eigenvalue weighted by Gasteiger charge is 2.17. The fraction of sp³-hybridized carbons (Fsp3) is 0.833. The lowest BCUT2D eigenvalue weighted by Gasteiger charge is -2.32. The zero-order valence-electron chi connectivity index (χ0n) is 16.7. The second kappa shape index (κ2) is 11.4. The largest absolute Gasteiger partial charge is 0.309 e. The van der Waals surface area contributed by atoms with Crippen molar-refractivity contribution in [2.24, 2.45) is 5.10 Å². The molecule has 1 rings (SSSR count). The molecule has 0 aromatic heterocycles. The summed E-state index contributed by atoms with van der Waals surface area (Å²) in [6.07, 6.45) is 7.73. The molecule has 0 aromatic rings. The maximum atomic E-state index is 4.38. The van der Waals surface area contributed by atoms with Gasteiger partial charge in [0.25, 0.3) is 0 Å². The molecule has 0 saturated heterocycles. The van der Waals surface area contributed by atoms with Crippen molar-refractivity contribution < 1.29 is 0 Å². The van der Waals surface area contributed by atoms with E-state index in [2.05, 4.69) is 72.6 Å². The Labute approximate surface area is 149 Å². The molecular formula is C18H38N6. The third-order valence-corrected chi connectivity index (χ3v) is 4.15. The molecule has 0 saturated carbocycles. The summed E-state index contributed by atoms with van der Waals surface area (Å²) in [6, 6.07) is 0. The van der Waals surface area contributed by atoms with E-state index in [1.807, 2.05) is 6.21 Å². The molecule has 6 nitrogen and oxygen atoms in total. The first-order valence-corrected chi connectivity index (χ1v) is 9.12.